The van der Waals surface area contributed by atoms with Gasteiger partial charge >= 0.3 is 5.97 Å². The first-order valence-corrected chi connectivity index (χ1v) is 6.74. The Balaban J connectivity index is 1.98. The summed E-state index contributed by atoms with van der Waals surface area (Å²) in [5.41, 5.74) is 0.955. The second-order valence-electron chi connectivity index (χ2n) is 5.62. The lowest BCUT2D eigenvalue weighted by molar-refractivity contribution is -0.148. The van der Waals surface area contributed by atoms with Crippen molar-refractivity contribution in [2.75, 3.05) is 0 Å². The Labute approximate surface area is 121 Å². The molecule has 0 aliphatic heterocycles. The number of halogens is 2. The highest BCUT2D eigenvalue weighted by atomic mass is 19.1. The minimum absolute atomic E-state index is 0.0133. The van der Waals surface area contributed by atoms with Crippen molar-refractivity contribution in [1.29, 1.82) is 0 Å². The van der Waals surface area contributed by atoms with Crippen molar-refractivity contribution in [2.45, 2.75) is 19.3 Å². The molecule has 108 valence electrons. The summed E-state index contributed by atoms with van der Waals surface area (Å²) < 4.78 is 27.1. The molecule has 1 aliphatic rings. The molecule has 0 radical (unpaired) electrons. The lowest BCUT2D eigenvalue weighted by Gasteiger charge is -2.24. The number of carboxylic acid groups (broad SMARTS) is 1. The monoisotopic (exact) mass is 288 g/mol. The van der Waals surface area contributed by atoms with Gasteiger partial charge in [-0.25, -0.2) is 8.78 Å². The standard InChI is InChI=1S/C17H14F2O2/c18-14-5-6-15(19)13(7-14)10-17(16(20)21)8-11-3-1-2-4-12(11)9-17/h1-7H,8-10H2,(H,20,21). The molecule has 0 aromatic heterocycles. The minimum atomic E-state index is -1.10. The van der Waals surface area contributed by atoms with E-state index in [1.165, 1.54) is 0 Å². The van der Waals surface area contributed by atoms with Crippen LogP contribution in [0.2, 0.25) is 0 Å². The van der Waals surface area contributed by atoms with E-state index in [2.05, 4.69) is 0 Å². The number of carboxylic acids is 1. The molecule has 0 bridgehead atoms. The van der Waals surface area contributed by atoms with Gasteiger partial charge in [-0.3, -0.25) is 4.79 Å². The topological polar surface area (TPSA) is 37.3 Å². The average molecular weight is 288 g/mol. The first-order valence-electron chi connectivity index (χ1n) is 6.74. The molecule has 2 nitrogen and oxygen atoms in total. The van der Waals surface area contributed by atoms with Crippen LogP contribution in [0.3, 0.4) is 0 Å². The second-order valence-corrected chi connectivity index (χ2v) is 5.62. The summed E-state index contributed by atoms with van der Waals surface area (Å²) in [6, 6.07) is 10.7. The lowest BCUT2D eigenvalue weighted by Crippen LogP contribution is -2.34. The van der Waals surface area contributed by atoms with Crippen molar-refractivity contribution in [3.05, 3.63) is 70.8 Å². The average Bonchev–Trinajstić information content (AvgIpc) is 2.82. The molecule has 2 aromatic rings. The van der Waals surface area contributed by atoms with Crippen LogP contribution in [0.15, 0.2) is 42.5 Å². The van der Waals surface area contributed by atoms with Gasteiger partial charge in [-0.15, -0.1) is 0 Å². The summed E-state index contributed by atoms with van der Waals surface area (Å²) in [5.74, 6) is -2.09. The van der Waals surface area contributed by atoms with E-state index in [1.807, 2.05) is 24.3 Å². The smallest absolute Gasteiger partial charge is 0.310 e. The number of hydrogen-bond donors (Lipinski definition) is 1. The van der Waals surface area contributed by atoms with Gasteiger partial charge in [0.25, 0.3) is 0 Å². The zero-order valence-electron chi connectivity index (χ0n) is 11.3. The Morgan fingerprint density at radius 3 is 2.29 bits per heavy atom. The molecule has 0 unspecified atom stereocenters. The third kappa shape index (κ3) is 2.42. The third-order valence-electron chi connectivity index (χ3n) is 4.17. The molecule has 21 heavy (non-hydrogen) atoms. The van der Waals surface area contributed by atoms with Gasteiger partial charge in [-0.05, 0) is 54.2 Å². The highest BCUT2D eigenvalue weighted by Gasteiger charge is 2.44. The highest BCUT2D eigenvalue weighted by molar-refractivity contribution is 5.77. The number of carbonyl (C=O) groups is 1. The normalized spacial score (nSPS) is 15.7. The van der Waals surface area contributed by atoms with Gasteiger partial charge in [0, 0.05) is 0 Å². The van der Waals surface area contributed by atoms with Gasteiger partial charge in [-0.2, -0.15) is 0 Å². The third-order valence-corrected chi connectivity index (χ3v) is 4.17. The van der Waals surface area contributed by atoms with Crippen molar-refractivity contribution < 1.29 is 18.7 Å². The maximum atomic E-state index is 13.8. The quantitative estimate of drug-likeness (QED) is 0.940. The summed E-state index contributed by atoms with van der Waals surface area (Å²) in [5, 5.41) is 9.64. The van der Waals surface area contributed by atoms with Gasteiger partial charge in [-0.1, -0.05) is 24.3 Å². The van der Waals surface area contributed by atoms with Gasteiger partial charge < -0.3 is 5.11 Å². The second kappa shape index (κ2) is 4.95. The predicted molar refractivity (Wildman–Crippen MR) is 74.0 cm³/mol. The van der Waals surface area contributed by atoms with Crippen LogP contribution < -0.4 is 0 Å². The molecule has 0 spiro atoms. The Morgan fingerprint density at radius 2 is 1.71 bits per heavy atom. The summed E-state index contributed by atoms with van der Waals surface area (Å²) in [6.07, 6.45) is 0.670. The summed E-state index contributed by atoms with van der Waals surface area (Å²) >= 11 is 0. The maximum Gasteiger partial charge on any atom is 0.310 e. The molecule has 4 heteroatoms. The summed E-state index contributed by atoms with van der Waals surface area (Å²) in [7, 11) is 0. The van der Waals surface area contributed by atoms with E-state index in [4.69, 9.17) is 0 Å². The molecule has 0 fully saturated rings. The first kappa shape index (κ1) is 13.7. The number of benzene rings is 2. The number of aliphatic carboxylic acids is 1. The van der Waals surface area contributed by atoms with E-state index >= 15 is 0 Å². The molecule has 2 aromatic carbocycles. The lowest BCUT2D eigenvalue weighted by atomic mass is 9.79. The minimum Gasteiger partial charge on any atom is -0.481 e. The summed E-state index contributed by atoms with van der Waals surface area (Å²) in [6.45, 7) is 0. The Kier molecular flexibility index (Phi) is 3.24. The van der Waals surface area contributed by atoms with Crippen molar-refractivity contribution in [3.8, 4) is 0 Å². The van der Waals surface area contributed by atoms with Crippen LogP contribution in [0.1, 0.15) is 16.7 Å². The van der Waals surface area contributed by atoms with Crippen molar-refractivity contribution >= 4 is 5.97 Å². The zero-order valence-corrected chi connectivity index (χ0v) is 11.3. The molecule has 1 aliphatic carbocycles. The zero-order chi connectivity index (χ0) is 15.0. The van der Waals surface area contributed by atoms with E-state index in [0.717, 1.165) is 29.3 Å². The summed E-state index contributed by atoms with van der Waals surface area (Å²) in [4.78, 5) is 11.8. The maximum absolute atomic E-state index is 13.8. The van der Waals surface area contributed by atoms with Crippen LogP contribution in [-0.4, -0.2) is 11.1 Å². The van der Waals surface area contributed by atoms with Crippen molar-refractivity contribution in [3.63, 3.8) is 0 Å². The fourth-order valence-corrected chi connectivity index (χ4v) is 3.09. The largest absolute Gasteiger partial charge is 0.481 e. The van der Waals surface area contributed by atoms with Gasteiger partial charge in [0.05, 0.1) is 5.41 Å². The number of hydrogen-bond acceptors (Lipinski definition) is 1. The predicted octanol–water partition coefficient (Wildman–Crippen LogP) is 3.38. The van der Waals surface area contributed by atoms with Gasteiger partial charge in [0.1, 0.15) is 11.6 Å². The fourth-order valence-electron chi connectivity index (χ4n) is 3.09. The van der Waals surface area contributed by atoms with Crippen molar-refractivity contribution in [2.24, 2.45) is 5.41 Å². The Bertz CT molecular complexity index is 685. The van der Waals surface area contributed by atoms with Crippen LogP contribution in [-0.2, 0) is 24.1 Å². The molecule has 0 saturated carbocycles. The van der Waals surface area contributed by atoms with Crippen LogP contribution in [0.5, 0.6) is 0 Å². The molecule has 0 saturated heterocycles. The van der Waals surface area contributed by atoms with E-state index in [0.29, 0.717) is 12.8 Å². The van der Waals surface area contributed by atoms with Crippen LogP contribution in [0.4, 0.5) is 8.78 Å². The van der Waals surface area contributed by atoms with Crippen molar-refractivity contribution in [1.82, 2.24) is 0 Å². The molecule has 1 N–H and O–H groups in total. The van der Waals surface area contributed by atoms with Crippen LogP contribution in [0, 0.1) is 17.0 Å². The molecular weight excluding hydrogens is 274 g/mol. The van der Waals surface area contributed by atoms with E-state index in [9.17, 15) is 18.7 Å². The fraction of sp³-hybridized carbons (Fsp3) is 0.235. The van der Waals surface area contributed by atoms with Gasteiger partial charge in [0.15, 0.2) is 0 Å². The SMILES string of the molecule is O=C(O)C1(Cc2cc(F)ccc2F)Cc2ccccc2C1. The van der Waals surface area contributed by atoms with Crippen LogP contribution in [0.25, 0.3) is 0 Å². The molecule has 3 rings (SSSR count). The van der Waals surface area contributed by atoms with E-state index in [1.54, 1.807) is 0 Å². The highest BCUT2D eigenvalue weighted by Crippen LogP contribution is 2.40. The molecule has 0 amide bonds. The Hall–Kier alpha value is -2.23. The molecular formula is C17H14F2O2. The molecule has 0 heterocycles. The number of rotatable bonds is 3. The first-order chi connectivity index (χ1) is 10.00. The number of fused-ring (bicyclic) bond motifs is 1. The van der Waals surface area contributed by atoms with E-state index in [-0.39, 0.29) is 12.0 Å². The van der Waals surface area contributed by atoms with Crippen LogP contribution >= 0.6 is 0 Å². The Morgan fingerprint density at radius 1 is 1.10 bits per heavy atom. The molecule has 0 atom stereocenters. The van der Waals surface area contributed by atoms with Gasteiger partial charge in [0.2, 0.25) is 0 Å². The van der Waals surface area contributed by atoms with E-state index < -0.39 is 23.0 Å².